The summed E-state index contributed by atoms with van der Waals surface area (Å²) in [4.78, 5) is 39.8. The van der Waals surface area contributed by atoms with Crippen LogP contribution in [0.5, 0.6) is 0 Å². The molecule has 0 heterocycles. The van der Waals surface area contributed by atoms with Crippen molar-refractivity contribution in [2.24, 2.45) is 0 Å². The SMILES string of the molecule is CCCCCCCCCCCC/C=C\C(OC(=O)CCCCCCCCCCCCCCCCCCCCC)C(COP(=O)([O-])OCC[N+](C)(C)C)NC(=O)CCCCCCCCCCCCC. The van der Waals surface area contributed by atoms with Crippen LogP contribution in [0, 0.1) is 0 Å². The highest BCUT2D eigenvalue weighted by Gasteiger charge is 2.27. The molecule has 1 amide bonds. The lowest BCUT2D eigenvalue weighted by molar-refractivity contribution is -0.870. The summed E-state index contributed by atoms with van der Waals surface area (Å²) in [5, 5.41) is 3.02. The molecule has 9 nitrogen and oxygen atoms in total. The second kappa shape index (κ2) is 49.3. The maximum Gasteiger partial charge on any atom is 0.306 e. The summed E-state index contributed by atoms with van der Waals surface area (Å²) in [6.07, 6.45) is 54.6. The van der Waals surface area contributed by atoms with Crippen molar-refractivity contribution in [1.82, 2.24) is 5.32 Å². The minimum Gasteiger partial charge on any atom is -0.756 e. The summed E-state index contributed by atoms with van der Waals surface area (Å²) < 4.78 is 30.2. The fourth-order valence-electron chi connectivity index (χ4n) is 8.88. The highest BCUT2D eigenvalue weighted by Crippen LogP contribution is 2.38. The summed E-state index contributed by atoms with van der Waals surface area (Å²) in [5.41, 5.74) is 0. The summed E-state index contributed by atoms with van der Waals surface area (Å²) >= 11 is 0. The van der Waals surface area contributed by atoms with E-state index in [9.17, 15) is 19.0 Å². The second-order valence-electron chi connectivity index (χ2n) is 21.5. The van der Waals surface area contributed by atoms with Gasteiger partial charge in [-0.15, -0.1) is 0 Å². The number of phosphoric acid groups is 1. The van der Waals surface area contributed by atoms with Gasteiger partial charge >= 0.3 is 5.97 Å². The highest BCUT2D eigenvalue weighted by molar-refractivity contribution is 7.45. The fourth-order valence-corrected chi connectivity index (χ4v) is 9.60. The highest BCUT2D eigenvalue weighted by atomic mass is 31.2. The largest absolute Gasteiger partial charge is 0.756 e. The average molecular weight is 984 g/mol. The molecule has 68 heavy (non-hydrogen) atoms. The van der Waals surface area contributed by atoms with Crippen molar-refractivity contribution in [2.75, 3.05) is 40.9 Å². The number of hydrogen-bond donors (Lipinski definition) is 1. The number of carbonyl (C=O) groups is 2. The van der Waals surface area contributed by atoms with Crippen LogP contribution in [0.2, 0.25) is 0 Å². The third-order valence-electron chi connectivity index (χ3n) is 13.5. The lowest BCUT2D eigenvalue weighted by Crippen LogP contribution is -2.47. The van der Waals surface area contributed by atoms with E-state index in [1.54, 1.807) is 0 Å². The molecule has 0 aromatic rings. The number of carbonyl (C=O) groups excluding carboxylic acids is 2. The van der Waals surface area contributed by atoms with Crippen molar-refractivity contribution in [1.29, 1.82) is 0 Å². The van der Waals surface area contributed by atoms with E-state index in [0.29, 0.717) is 17.4 Å². The van der Waals surface area contributed by atoms with E-state index in [1.165, 1.54) is 205 Å². The number of nitrogens with zero attached hydrogens (tertiary/aromatic N) is 1. The molecule has 404 valence electrons. The van der Waals surface area contributed by atoms with Crippen molar-refractivity contribution in [3.8, 4) is 0 Å². The molecule has 3 unspecified atom stereocenters. The quantitative estimate of drug-likeness (QED) is 0.0212. The van der Waals surface area contributed by atoms with Gasteiger partial charge in [0.2, 0.25) is 5.91 Å². The van der Waals surface area contributed by atoms with Crippen LogP contribution in [0.25, 0.3) is 0 Å². The molecular weight excluding hydrogens is 868 g/mol. The van der Waals surface area contributed by atoms with Crippen LogP contribution < -0.4 is 10.2 Å². The van der Waals surface area contributed by atoms with Gasteiger partial charge in [-0.3, -0.25) is 14.2 Å². The smallest absolute Gasteiger partial charge is 0.306 e. The Balaban J connectivity index is 5.21. The molecule has 10 heteroatoms. The van der Waals surface area contributed by atoms with Crippen LogP contribution in [0.15, 0.2) is 12.2 Å². The number of likely N-dealkylation sites (N-methyl/N-ethyl adjacent to an activating group) is 1. The topological polar surface area (TPSA) is 114 Å². The Kier molecular flexibility index (Phi) is 48.4. The van der Waals surface area contributed by atoms with Crippen LogP contribution in [-0.2, 0) is 27.9 Å². The Labute approximate surface area is 422 Å². The number of unbranched alkanes of at least 4 members (excludes halogenated alkanes) is 38. The molecule has 0 aromatic heterocycles. The Morgan fingerprint density at radius 2 is 0.838 bits per heavy atom. The Hall–Kier alpha value is -1.25. The summed E-state index contributed by atoms with van der Waals surface area (Å²) in [7, 11) is 1.20. The minimum atomic E-state index is -4.68. The lowest BCUT2D eigenvalue weighted by Gasteiger charge is -2.30. The molecule has 0 spiro atoms. The molecule has 0 aliphatic carbocycles. The van der Waals surface area contributed by atoms with Crippen LogP contribution in [0.3, 0.4) is 0 Å². The first-order chi connectivity index (χ1) is 32.9. The van der Waals surface area contributed by atoms with E-state index >= 15 is 0 Å². The van der Waals surface area contributed by atoms with Crippen LogP contribution in [0.4, 0.5) is 0 Å². The van der Waals surface area contributed by atoms with Crippen molar-refractivity contribution in [3.63, 3.8) is 0 Å². The van der Waals surface area contributed by atoms with E-state index in [2.05, 4.69) is 26.1 Å². The molecule has 0 aliphatic heterocycles. The molecular formula is C58H115N2O7P. The summed E-state index contributed by atoms with van der Waals surface area (Å²) in [6.45, 7) is 6.87. The standard InChI is InChI=1S/C58H115N2O7P/c1-7-10-13-16-19-22-25-27-28-29-30-31-32-33-36-39-42-45-48-51-58(62)67-56(49-46-43-40-37-35-26-23-20-17-14-11-8-2)55(54-66-68(63,64)65-53-52-60(4,5)6)59-57(61)50-47-44-41-38-34-24-21-18-15-12-9-3/h46,49,55-56H,7-45,47-48,50-54H2,1-6H3,(H-,59,61,63,64)/b49-46-. The van der Waals surface area contributed by atoms with Gasteiger partial charge in [-0.1, -0.05) is 264 Å². The summed E-state index contributed by atoms with van der Waals surface area (Å²) in [6, 6.07) is -0.877. The van der Waals surface area contributed by atoms with E-state index in [0.717, 1.165) is 57.8 Å². The number of rotatable bonds is 54. The Bertz CT molecular complexity index is 1180. The van der Waals surface area contributed by atoms with Crippen LogP contribution in [-0.4, -0.2) is 69.4 Å². The number of phosphoric ester groups is 1. The van der Waals surface area contributed by atoms with Gasteiger partial charge in [-0.2, -0.15) is 0 Å². The van der Waals surface area contributed by atoms with Crippen molar-refractivity contribution in [2.45, 2.75) is 309 Å². The Morgan fingerprint density at radius 3 is 1.21 bits per heavy atom. The molecule has 3 atom stereocenters. The monoisotopic (exact) mass is 983 g/mol. The first-order valence-corrected chi connectivity index (χ1v) is 31.0. The van der Waals surface area contributed by atoms with E-state index in [-0.39, 0.29) is 31.5 Å². The molecule has 0 saturated carbocycles. The maximum absolute atomic E-state index is 13.4. The third kappa shape index (κ3) is 49.7. The van der Waals surface area contributed by atoms with Gasteiger partial charge < -0.3 is 28.5 Å². The number of allylic oxidation sites excluding steroid dienone is 1. The van der Waals surface area contributed by atoms with Crippen molar-refractivity contribution in [3.05, 3.63) is 12.2 Å². The van der Waals surface area contributed by atoms with Crippen molar-refractivity contribution < 1.29 is 37.3 Å². The van der Waals surface area contributed by atoms with E-state index in [4.69, 9.17) is 13.8 Å². The van der Waals surface area contributed by atoms with Gasteiger partial charge in [0.15, 0.2) is 0 Å². The molecule has 0 radical (unpaired) electrons. The summed E-state index contributed by atoms with van der Waals surface area (Å²) in [5.74, 6) is -0.524. The molecule has 0 aromatic carbocycles. The van der Waals surface area contributed by atoms with Gasteiger partial charge in [-0.05, 0) is 31.8 Å². The number of amides is 1. The first kappa shape index (κ1) is 66.8. The van der Waals surface area contributed by atoms with Gasteiger partial charge in [0, 0.05) is 12.8 Å². The normalized spacial score (nSPS) is 13.8. The predicted molar refractivity (Wildman–Crippen MR) is 289 cm³/mol. The number of quaternary nitrogens is 1. The predicted octanol–water partition coefficient (Wildman–Crippen LogP) is 17.0. The van der Waals surface area contributed by atoms with Gasteiger partial charge in [0.1, 0.15) is 19.3 Å². The van der Waals surface area contributed by atoms with Gasteiger partial charge in [-0.25, -0.2) is 0 Å². The van der Waals surface area contributed by atoms with E-state index in [1.807, 2.05) is 33.3 Å². The Morgan fingerprint density at radius 1 is 0.500 bits per heavy atom. The number of ether oxygens (including phenoxy) is 1. The minimum absolute atomic E-state index is 0.0171. The first-order valence-electron chi connectivity index (χ1n) is 29.5. The number of esters is 1. The molecule has 0 bridgehead atoms. The van der Waals surface area contributed by atoms with Crippen molar-refractivity contribution >= 4 is 19.7 Å². The van der Waals surface area contributed by atoms with Gasteiger partial charge in [0.25, 0.3) is 7.82 Å². The van der Waals surface area contributed by atoms with Crippen LogP contribution >= 0.6 is 7.82 Å². The zero-order valence-corrected chi connectivity index (χ0v) is 47.0. The zero-order valence-electron chi connectivity index (χ0n) is 46.1. The average Bonchev–Trinajstić information content (AvgIpc) is 3.29. The molecule has 0 saturated heterocycles. The van der Waals surface area contributed by atoms with Crippen LogP contribution in [0.1, 0.15) is 297 Å². The molecule has 1 N–H and O–H groups in total. The van der Waals surface area contributed by atoms with Gasteiger partial charge in [0.05, 0.1) is 33.8 Å². The number of nitrogens with one attached hydrogen (secondary N) is 1. The lowest BCUT2D eigenvalue weighted by atomic mass is 10.0. The molecule has 0 rings (SSSR count). The fraction of sp³-hybridized carbons (Fsp3) is 0.931. The molecule has 0 fully saturated rings. The zero-order chi connectivity index (χ0) is 50.1. The second-order valence-corrected chi connectivity index (χ2v) is 22.9. The number of hydrogen-bond acceptors (Lipinski definition) is 7. The third-order valence-corrected chi connectivity index (χ3v) is 14.4. The maximum atomic E-state index is 13.4. The molecule has 0 aliphatic rings. The van der Waals surface area contributed by atoms with E-state index < -0.39 is 20.0 Å².